The van der Waals surface area contributed by atoms with Crippen LogP contribution in [0.15, 0.2) is 36.4 Å². The summed E-state index contributed by atoms with van der Waals surface area (Å²) in [5.74, 6) is 0.00153. The van der Waals surface area contributed by atoms with Gasteiger partial charge in [-0.05, 0) is 50.2 Å². The minimum atomic E-state index is -0.631. The van der Waals surface area contributed by atoms with Gasteiger partial charge in [0.2, 0.25) is 0 Å². The minimum Gasteiger partial charge on any atom is -0.491 e. The number of hydrogen-bond acceptors (Lipinski definition) is 4. The van der Waals surface area contributed by atoms with Gasteiger partial charge in [0.1, 0.15) is 5.75 Å². The molecule has 0 bridgehead atoms. The minimum absolute atomic E-state index is 0.0152. The van der Waals surface area contributed by atoms with Crippen molar-refractivity contribution in [1.29, 1.82) is 0 Å². The topological polar surface area (TPSA) is 52.6 Å². The fraction of sp³-hybridized carbons (Fsp3) is 0.176. The highest BCUT2D eigenvalue weighted by Crippen LogP contribution is 2.32. The van der Waals surface area contributed by atoms with Gasteiger partial charge in [-0.15, -0.1) is 0 Å². The van der Waals surface area contributed by atoms with E-state index in [4.69, 9.17) is 32.7 Å². The summed E-state index contributed by atoms with van der Waals surface area (Å²) in [4.78, 5) is 23.3. The highest BCUT2D eigenvalue weighted by Gasteiger charge is 2.16. The van der Waals surface area contributed by atoms with Crippen LogP contribution in [0.1, 0.15) is 34.6 Å². The molecule has 0 unspecified atom stereocenters. The fourth-order valence-electron chi connectivity index (χ4n) is 1.87. The maximum absolute atomic E-state index is 12.2. The first kappa shape index (κ1) is 17.3. The first-order chi connectivity index (χ1) is 10.9. The average Bonchev–Trinajstić information content (AvgIpc) is 2.49. The van der Waals surface area contributed by atoms with Gasteiger partial charge in [-0.3, -0.25) is 4.79 Å². The second-order valence-electron chi connectivity index (χ2n) is 5.00. The van der Waals surface area contributed by atoms with Crippen molar-refractivity contribution in [1.82, 2.24) is 0 Å². The van der Waals surface area contributed by atoms with Crippen LogP contribution < -0.4 is 9.47 Å². The Morgan fingerprint density at radius 3 is 2.35 bits per heavy atom. The van der Waals surface area contributed by atoms with Crippen LogP contribution >= 0.6 is 23.2 Å². The van der Waals surface area contributed by atoms with Crippen LogP contribution in [-0.4, -0.2) is 18.4 Å². The van der Waals surface area contributed by atoms with Crippen molar-refractivity contribution < 1.29 is 19.1 Å². The van der Waals surface area contributed by atoms with Gasteiger partial charge in [-0.1, -0.05) is 23.2 Å². The summed E-state index contributed by atoms with van der Waals surface area (Å²) in [6.45, 7) is 3.82. The summed E-state index contributed by atoms with van der Waals surface area (Å²) in [6.07, 6.45) is 0.566. The third-order valence-corrected chi connectivity index (χ3v) is 3.32. The number of rotatable bonds is 5. The molecule has 0 aliphatic carbocycles. The maximum Gasteiger partial charge on any atom is 0.343 e. The molecule has 120 valence electrons. The van der Waals surface area contributed by atoms with Crippen LogP contribution in [0, 0.1) is 0 Å². The van der Waals surface area contributed by atoms with Crippen LogP contribution in [0.25, 0.3) is 0 Å². The van der Waals surface area contributed by atoms with E-state index in [1.165, 1.54) is 12.1 Å². The molecule has 0 N–H and O–H groups in total. The molecule has 0 saturated heterocycles. The second kappa shape index (κ2) is 7.49. The van der Waals surface area contributed by atoms with Crippen LogP contribution in [-0.2, 0) is 0 Å². The Morgan fingerprint density at radius 2 is 1.78 bits per heavy atom. The molecule has 0 amide bonds. The van der Waals surface area contributed by atoms with Crippen molar-refractivity contribution in [3.8, 4) is 11.5 Å². The summed E-state index contributed by atoms with van der Waals surface area (Å²) >= 11 is 11.8. The number of hydrogen-bond donors (Lipinski definition) is 0. The van der Waals surface area contributed by atoms with Gasteiger partial charge in [0.25, 0.3) is 0 Å². The first-order valence-corrected chi connectivity index (χ1v) is 7.59. The SMILES string of the molecule is CC(C)Oc1ccc(C(=O)Oc2c(Cl)cc(Cl)cc2C=O)cc1. The molecule has 23 heavy (non-hydrogen) atoms. The summed E-state index contributed by atoms with van der Waals surface area (Å²) < 4.78 is 10.7. The molecule has 0 radical (unpaired) electrons. The van der Waals surface area contributed by atoms with Gasteiger partial charge in [0, 0.05) is 5.02 Å². The van der Waals surface area contributed by atoms with Crippen molar-refractivity contribution in [2.24, 2.45) is 0 Å². The van der Waals surface area contributed by atoms with E-state index >= 15 is 0 Å². The van der Waals surface area contributed by atoms with Crippen molar-refractivity contribution >= 4 is 35.5 Å². The van der Waals surface area contributed by atoms with E-state index < -0.39 is 5.97 Å². The lowest BCUT2D eigenvalue weighted by Gasteiger charge is -2.11. The van der Waals surface area contributed by atoms with E-state index in [1.807, 2.05) is 13.8 Å². The molecule has 6 heteroatoms. The maximum atomic E-state index is 12.2. The normalized spacial score (nSPS) is 10.5. The predicted octanol–water partition coefficient (Wildman–Crippen LogP) is 4.81. The number of ether oxygens (including phenoxy) is 2. The molecule has 2 aromatic rings. The lowest BCUT2D eigenvalue weighted by Crippen LogP contribution is -2.11. The highest BCUT2D eigenvalue weighted by molar-refractivity contribution is 6.36. The number of esters is 1. The summed E-state index contributed by atoms with van der Waals surface area (Å²) in [5, 5.41) is 0.375. The van der Waals surface area contributed by atoms with Gasteiger partial charge in [-0.25, -0.2) is 4.79 Å². The van der Waals surface area contributed by atoms with E-state index in [0.717, 1.165) is 0 Å². The zero-order chi connectivity index (χ0) is 17.0. The molecular weight excluding hydrogens is 339 g/mol. The number of carbonyl (C=O) groups is 2. The lowest BCUT2D eigenvalue weighted by atomic mass is 10.2. The summed E-state index contributed by atoms with van der Waals surface area (Å²) in [7, 11) is 0. The number of aldehydes is 1. The second-order valence-corrected chi connectivity index (χ2v) is 5.85. The number of benzene rings is 2. The Labute approximate surface area is 143 Å². The van der Waals surface area contributed by atoms with Crippen molar-refractivity contribution in [2.45, 2.75) is 20.0 Å². The Bertz CT molecular complexity index is 724. The predicted molar refractivity (Wildman–Crippen MR) is 89.0 cm³/mol. The van der Waals surface area contributed by atoms with E-state index in [0.29, 0.717) is 17.6 Å². The Hall–Kier alpha value is -2.04. The Kier molecular flexibility index (Phi) is 5.64. The van der Waals surface area contributed by atoms with E-state index in [9.17, 15) is 9.59 Å². The molecule has 0 aliphatic rings. The molecule has 0 aliphatic heterocycles. The van der Waals surface area contributed by atoms with Crippen molar-refractivity contribution in [3.63, 3.8) is 0 Å². The van der Waals surface area contributed by atoms with Crippen molar-refractivity contribution in [2.75, 3.05) is 0 Å². The summed E-state index contributed by atoms with van der Waals surface area (Å²) in [6, 6.07) is 9.26. The molecular formula is C17H14Cl2O4. The summed E-state index contributed by atoms with van der Waals surface area (Å²) in [5.41, 5.74) is 0.416. The smallest absolute Gasteiger partial charge is 0.343 e. The largest absolute Gasteiger partial charge is 0.491 e. The Balaban J connectivity index is 2.21. The molecule has 4 nitrogen and oxygen atoms in total. The number of carbonyl (C=O) groups excluding carboxylic acids is 2. The molecule has 0 spiro atoms. The van der Waals surface area contributed by atoms with Crippen LogP contribution in [0.3, 0.4) is 0 Å². The highest BCUT2D eigenvalue weighted by atomic mass is 35.5. The van der Waals surface area contributed by atoms with Gasteiger partial charge < -0.3 is 9.47 Å². The van der Waals surface area contributed by atoms with Gasteiger partial charge in [-0.2, -0.15) is 0 Å². The molecule has 2 rings (SSSR count). The first-order valence-electron chi connectivity index (χ1n) is 6.84. The van der Waals surface area contributed by atoms with Gasteiger partial charge in [0.05, 0.1) is 22.3 Å². The molecule has 0 saturated carbocycles. The van der Waals surface area contributed by atoms with E-state index in [-0.39, 0.29) is 27.5 Å². The quantitative estimate of drug-likeness (QED) is 0.440. The molecule has 0 heterocycles. The van der Waals surface area contributed by atoms with Crippen LogP contribution in [0.2, 0.25) is 10.0 Å². The van der Waals surface area contributed by atoms with Crippen molar-refractivity contribution in [3.05, 3.63) is 57.6 Å². The standard InChI is InChI=1S/C17H14Cl2O4/c1-10(2)22-14-5-3-11(4-6-14)17(21)23-16-12(9-20)7-13(18)8-15(16)19/h3-10H,1-2H3. The molecule has 0 atom stereocenters. The number of halogens is 2. The Morgan fingerprint density at radius 1 is 1.13 bits per heavy atom. The monoisotopic (exact) mass is 352 g/mol. The third kappa shape index (κ3) is 4.47. The zero-order valence-electron chi connectivity index (χ0n) is 12.5. The molecule has 0 aromatic heterocycles. The van der Waals surface area contributed by atoms with Crippen LogP contribution in [0.4, 0.5) is 0 Å². The molecule has 2 aromatic carbocycles. The third-order valence-electron chi connectivity index (χ3n) is 2.82. The molecule has 0 fully saturated rings. The van der Waals surface area contributed by atoms with Crippen LogP contribution in [0.5, 0.6) is 11.5 Å². The van der Waals surface area contributed by atoms with Gasteiger partial charge >= 0.3 is 5.97 Å². The zero-order valence-corrected chi connectivity index (χ0v) is 14.0. The lowest BCUT2D eigenvalue weighted by molar-refractivity contribution is 0.0733. The van der Waals surface area contributed by atoms with E-state index in [2.05, 4.69) is 0 Å². The fourth-order valence-corrected chi connectivity index (χ4v) is 2.42. The average molecular weight is 353 g/mol. The van der Waals surface area contributed by atoms with Gasteiger partial charge in [0.15, 0.2) is 12.0 Å². The van der Waals surface area contributed by atoms with E-state index in [1.54, 1.807) is 24.3 Å².